The molecule has 0 radical (unpaired) electrons. The lowest BCUT2D eigenvalue weighted by Gasteiger charge is -2.29. The van der Waals surface area contributed by atoms with E-state index < -0.39 is 0 Å². The summed E-state index contributed by atoms with van der Waals surface area (Å²) >= 11 is 0. The standard InChI is InChI=1S/C20H20N4O3/c25-18(14-15-6-2-1-3-7-15)21-24-20(26)17-9-5-4-8-16(17)19(22-24)23-10-12-27-13-11-23/h1-9H,10-14H2,(H,21,25). The average Bonchev–Trinajstić information content (AvgIpc) is 2.71. The second-order valence-electron chi connectivity index (χ2n) is 6.38. The SMILES string of the molecule is O=C(Cc1ccccc1)Nn1nc(N2CCOCC2)c2ccccc2c1=O. The minimum Gasteiger partial charge on any atom is -0.378 e. The van der Waals surface area contributed by atoms with Gasteiger partial charge in [-0.2, -0.15) is 0 Å². The summed E-state index contributed by atoms with van der Waals surface area (Å²) in [4.78, 5) is 28.3. The van der Waals surface area contributed by atoms with Gasteiger partial charge in [-0.25, -0.2) is 5.43 Å². The molecule has 0 atom stereocenters. The van der Waals surface area contributed by atoms with Gasteiger partial charge in [0, 0.05) is 18.5 Å². The van der Waals surface area contributed by atoms with E-state index in [0.29, 0.717) is 37.5 Å². The van der Waals surface area contributed by atoms with Gasteiger partial charge in [0.25, 0.3) is 5.56 Å². The number of fused-ring (bicyclic) bond motifs is 1. The summed E-state index contributed by atoms with van der Waals surface area (Å²) in [5.41, 5.74) is 3.16. The molecule has 2 aromatic carbocycles. The lowest BCUT2D eigenvalue weighted by atomic mass is 10.1. The predicted octanol–water partition coefficient (Wildman–Crippen LogP) is 1.55. The zero-order chi connectivity index (χ0) is 18.6. The summed E-state index contributed by atoms with van der Waals surface area (Å²) in [6.07, 6.45) is 0.175. The molecule has 0 bridgehead atoms. The fourth-order valence-corrected chi connectivity index (χ4v) is 3.20. The molecule has 1 N–H and O–H groups in total. The van der Waals surface area contributed by atoms with Crippen LogP contribution >= 0.6 is 0 Å². The van der Waals surface area contributed by atoms with Crippen LogP contribution in [0.4, 0.5) is 5.82 Å². The maximum atomic E-state index is 12.8. The Kier molecular flexibility index (Phi) is 4.84. The molecule has 7 heteroatoms. The van der Waals surface area contributed by atoms with E-state index in [9.17, 15) is 9.59 Å². The Morgan fingerprint density at radius 2 is 1.67 bits per heavy atom. The number of ether oxygens (including phenoxy) is 1. The molecule has 1 fully saturated rings. The van der Waals surface area contributed by atoms with Gasteiger partial charge in [-0.05, 0) is 11.6 Å². The third-order valence-corrected chi connectivity index (χ3v) is 4.53. The number of rotatable bonds is 4. The monoisotopic (exact) mass is 364 g/mol. The topological polar surface area (TPSA) is 76.5 Å². The number of hydrogen-bond acceptors (Lipinski definition) is 5. The lowest BCUT2D eigenvalue weighted by Crippen LogP contribution is -2.41. The summed E-state index contributed by atoms with van der Waals surface area (Å²) in [5.74, 6) is 0.382. The molecule has 1 aliphatic rings. The van der Waals surface area contributed by atoms with Crippen LogP contribution in [0, 0.1) is 0 Å². The Labute approximate surface area is 156 Å². The van der Waals surface area contributed by atoms with Crippen molar-refractivity contribution in [2.75, 3.05) is 36.6 Å². The minimum atomic E-state index is -0.343. The van der Waals surface area contributed by atoms with Gasteiger partial charge >= 0.3 is 0 Å². The molecule has 0 spiro atoms. The number of aromatic nitrogens is 2. The van der Waals surface area contributed by atoms with Crippen LogP contribution < -0.4 is 15.9 Å². The molecule has 3 aromatic rings. The molecule has 1 amide bonds. The van der Waals surface area contributed by atoms with Gasteiger partial charge in [0.05, 0.1) is 25.0 Å². The number of benzene rings is 2. The van der Waals surface area contributed by atoms with Gasteiger partial charge in [-0.15, -0.1) is 9.89 Å². The molecule has 2 heterocycles. The molecule has 0 saturated carbocycles. The van der Waals surface area contributed by atoms with E-state index in [1.807, 2.05) is 48.5 Å². The van der Waals surface area contributed by atoms with E-state index in [1.165, 1.54) is 0 Å². The van der Waals surface area contributed by atoms with Crippen molar-refractivity contribution in [3.63, 3.8) is 0 Å². The second kappa shape index (κ2) is 7.59. The summed E-state index contributed by atoms with van der Waals surface area (Å²) in [5, 5.41) is 5.75. The first-order valence-electron chi connectivity index (χ1n) is 8.91. The van der Waals surface area contributed by atoms with Crippen molar-refractivity contribution in [1.29, 1.82) is 0 Å². The molecule has 7 nitrogen and oxygen atoms in total. The Hall–Kier alpha value is -3.19. The highest BCUT2D eigenvalue weighted by Gasteiger charge is 2.19. The van der Waals surface area contributed by atoms with Crippen LogP contribution in [0.2, 0.25) is 0 Å². The van der Waals surface area contributed by atoms with Gasteiger partial charge in [0.2, 0.25) is 5.91 Å². The highest BCUT2D eigenvalue weighted by atomic mass is 16.5. The first-order chi connectivity index (χ1) is 13.2. The second-order valence-corrected chi connectivity index (χ2v) is 6.38. The quantitative estimate of drug-likeness (QED) is 0.760. The predicted molar refractivity (Wildman–Crippen MR) is 104 cm³/mol. The molecular formula is C20H20N4O3. The fraction of sp³-hybridized carbons (Fsp3) is 0.250. The van der Waals surface area contributed by atoms with Crippen molar-refractivity contribution in [2.45, 2.75) is 6.42 Å². The van der Waals surface area contributed by atoms with Crippen molar-refractivity contribution in [3.8, 4) is 0 Å². The number of nitrogens with zero attached hydrogens (tertiary/aromatic N) is 3. The van der Waals surface area contributed by atoms with Crippen LogP contribution in [0.15, 0.2) is 59.4 Å². The molecular weight excluding hydrogens is 344 g/mol. The number of nitrogens with one attached hydrogen (secondary N) is 1. The van der Waals surface area contributed by atoms with Gasteiger partial charge in [0.15, 0.2) is 5.82 Å². The van der Waals surface area contributed by atoms with Gasteiger partial charge in [-0.1, -0.05) is 48.5 Å². The van der Waals surface area contributed by atoms with E-state index in [1.54, 1.807) is 6.07 Å². The average molecular weight is 364 g/mol. The van der Waals surface area contributed by atoms with Crippen LogP contribution in [0.3, 0.4) is 0 Å². The van der Waals surface area contributed by atoms with E-state index in [0.717, 1.165) is 15.7 Å². The molecule has 27 heavy (non-hydrogen) atoms. The van der Waals surface area contributed by atoms with E-state index in [4.69, 9.17) is 4.74 Å². The molecule has 0 aliphatic carbocycles. The van der Waals surface area contributed by atoms with E-state index in [-0.39, 0.29) is 17.9 Å². The van der Waals surface area contributed by atoms with Gasteiger partial charge in [-0.3, -0.25) is 9.59 Å². The molecule has 138 valence electrons. The van der Waals surface area contributed by atoms with Gasteiger partial charge in [0.1, 0.15) is 0 Å². The number of amides is 1. The van der Waals surface area contributed by atoms with Crippen LogP contribution in [-0.2, 0) is 16.0 Å². The number of carbonyl (C=O) groups is 1. The number of hydrogen-bond donors (Lipinski definition) is 1. The highest BCUT2D eigenvalue weighted by Crippen LogP contribution is 2.22. The first-order valence-corrected chi connectivity index (χ1v) is 8.91. The van der Waals surface area contributed by atoms with Crippen molar-refractivity contribution >= 4 is 22.5 Å². The van der Waals surface area contributed by atoms with Crippen molar-refractivity contribution < 1.29 is 9.53 Å². The lowest BCUT2D eigenvalue weighted by molar-refractivity contribution is -0.116. The minimum absolute atomic E-state index is 0.175. The fourth-order valence-electron chi connectivity index (χ4n) is 3.20. The molecule has 1 aromatic heterocycles. The Morgan fingerprint density at radius 3 is 2.41 bits per heavy atom. The molecule has 4 rings (SSSR count). The van der Waals surface area contributed by atoms with Crippen LogP contribution in [0.1, 0.15) is 5.56 Å². The summed E-state index contributed by atoms with van der Waals surface area (Å²) < 4.78 is 5.41. The van der Waals surface area contributed by atoms with Crippen molar-refractivity contribution in [3.05, 3.63) is 70.5 Å². The molecule has 1 saturated heterocycles. The van der Waals surface area contributed by atoms with Crippen molar-refractivity contribution in [1.82, 2.24) is 9.89 Å². The summed E-state index contributed by atoms with van der Waals surface area (Å²) in [7, 11) is 0. The highest BCUT2D eigenvalue weighted by molar-refractivity contribution is 5.92. The van der Waals surface area contributed by atoms with E-state index in [2.05, 4.69) is 15.4 Å². The molecule has 1 aliphatic heterocycles. The van der Waals surface area contributed by atoms with Gasteiger partial charge < -0.3 is 9.64 Å². The Bertz CT molecular complexity index is 1010. The number of carbonyl (C=O) groups excluding carboxylic acids is 1. The Morgan fingerprint density at radius 1 is 1.00 bits per heavy atom. The largest absolute Gasteiger partial charge is 0.378 e. The Balaban J connectivity index is 1.68. The third-order valence-electron chi connectivity index (χ3n) is 4.53. The maximum Gasteiger partial charge on any atom is 0.294 e. The normalized spacial score (nSPS) is 14.3. The smallest absolute Gasteiger partial charge is 0.294 e. The number of morpholine rings is 1. The molecule has 0 unspecified atom stereocenters. The third kappa shape index (κ3) is 3.68. The van der Waals surface area contributed by atoms with Crippen LogP contribution in [-0.4, -0.2) is 42.1 Å². The van der Waals surface area contributed by atoms with Crippen molar-refractivity contribution in [2.24, 2.45) is 0 Å². The zero-order valence-corrected chi connectivity index (χ0v) is 14.8. The summed E-state index contributed by atoms with van der Waals surface area (Å²) in [6.45, 7) is 2.59. The first kappa shape index (κ1) is 17.2. The number of anilines is 1. The maximum absolute atomic E-state index is 12.8. The van der Waals surface area contributed by atoms with Crippen LogP contribution in [0.25, 0.3) is 10.8 Å². The van der Waals surface area contributed by atoms with Crippen LogP contribution in [0.5, 0.6) is 0 Å². The van der Waals surface area contributed by atoms with E-state index >= 15 is 0 Å². The zero-order valence-electron chi connectivity index (χ0n) is 14.8. The summed E-state index contributed by atoms with van der Waals surface area (Å²) in [6, 6.07) is 16.7.